The fourth-order valence-corrected chi connectivity index (χ4v) is 4.75. The molecule has 0 aliphatic heterocycles. The maximum absolute atomic E-state index is 12.7. The number of rotatable bonds is 5. The van der Waals surface area contributed by atoms with E-state index in [4.69, 9.17) is 10.2 Å². The number of fused-ring (bicyclic) bond motifs is 1. The van der Waals surface area contributed by atoms with Crippen molar-refractivity contribution in [1.82, 2.24) is 9.29 Å². The van der Waals surface area contributed by atoms with Crippen molar-refractivity contribution in [2.75, 3.05) is 6.54 Å². The summed E-state index contributed by atoms with van der Waals surface area (Å²) in [6.45, 7) is 0.270. The molecule has 1 aliphatic rings. The third kappa shape index (κ3) is 3.26. The second-order valence-corrected chi connectivity index (χ2v) is 8.13. The SMILES string of the molecule is Cn1c(=O)oc2cc(S(=O)(=O)NC(CN)C3CCCCC3)ccc21. The summed E-state index contributed by atoms with van der Waals surface area (Å²) in [4.78, 5) is 11.6. The number of aryl methyl sites for hydroxylation is 1. The first-order chi connectivity index (χ1) is 11.4. The normalized spacial score (nSPS) is 18.1. The van der Waals surface area contributed by atoms with Crippen molar-refractivity contribution in [1.29, 1.82) is 0 Å². The van der Waals surface area contributed by atoms with E-state index in [1.54, 1.807) is 13.1 Å². The van der Waals surface area contributed by atoms with Crippen LogP contribution in [0.2, 0.25) is 0 Å². The second kappa shape index (κ2) is 6.70. The van der Waals surface area contributed by atoms with E-state index in [9.17, 15) is 13.2 Å². The van der Waals surface area contributed by atoms with Crippen LogP contribution in [0.5, 0.6) is 0 Å². The van der Waals surface area contributed by atoms with Gasteiger partial charge in [0.2, 0.25) is 10.0 Å². The summed E-state index contributed by atoms with van der Waals surface area (Å²) >= 11 is 0. The quantitative estimate of drug-likeness (QED) is 0.843. The van der Waals surface area contributed by atoms with Gasteiger partial charge in [0, 0.05) is 25.7 Å². The summed E-state index contributed by atoms with van der Waals surface area (Å²) in [5, 5.41) is 0. The van der Waals surface area contributed by atoms with Crippen LogP contribution in [0.1, 0.15) is 32.1 Å². The fourth-order valence-electron chi connectivity index (χ4n) is 3.42. The molecule has 24 heavy (non-hydrogen) atoms. The molecular formula is C16H23N3O4S. The zero-order valence-corrected chi connectivity index (χ0v) is 14.5. The van der Waals surface area contributed by atoms with E-state index in [1.807, 2.05) is 0 Å². The molecule has 2 aromatic rings. The summed E-state index contributed by atoms with van der Waals surface area (Å²) in [6, 6.07) is 4.17. The standard InChI is InChI=1S/C16H23N3O4S/c1-19-14-8-7-12(9-15(14)23-16(19)20)24(21,22)18-13(10-17)11-5-3-2-4-6-11/h7-9,11,13,18H,2-6,10,17H2,1H3. The number of nitrogens with one attached hydrogen (secondary N) is 1. The van der Waals surface area contributed by atoms with Crippen LogP contribution in [0, 0.1) is 5.92 Å². The number of benzene rings is 1. The van der Waals surface area contributed by atoms with Crippen molar-refractivity contribution in [3.63, 3.8) is 0 Å². The summed E-state index contributed by atoms with van der Waals surface area (Å²) < 4.78 is 34.5. The van der Waals surface area contributed by atoms with Crippen LogP contribution >= 0.6 is 0 Å². The Morgan fingerprint density at radius 1 is 1.33 bits per heavy atom. The topological polar surface area (TPSA) is 107 Å². The zero-order valence-electron chi connectivity index (χ0n) is 13.7. The lowest BCUT2D eigenvalue weighted by atomic mass is 9.84. The minimum Gasteiger partial charge on any atom is -0.408 e. The molecule has 1 aromatic heterocycles. The van der Waals surface area contributed by atoms with E-state index in [-0.39, 0.29) is 29.0 Å². The number of aromatic nitrogens is 1. The van der Waals surface area contributed by atoms with Gasteiger partial charge < -0.3 is 10.2 Å². The highest BCUT2D eigenvalue weighted by molar-refractivity contribution is 7.89. The minimum atomic E-state index is -3.72. The fraction of sp³-hybridized carbons (Fsp3) is 0.562. The van der Waals surface area contributed by atoms with Gasteiger partial charge in [0.15, 0.2) is 5.58 Å². The molecule has 132 valence electrons. The summed E-state index contributed by atoms with van der Waals surface area (Å²) in [6.07, 6.45) is 5.42. The van der Waals surface area contributed by atoms with Gasteiger partial charge in [0.25, 0.3) is 0 Å². The number of nitrogens with two attached hydrogens (primary N) is 1. The molecule has 0 saturated heterocycles. The third-order valence-electron chi connectivity index (χ3n) is 4.85. The molecule has 3 rings (SSSR count). The van der Waals surface area contributed by atoms with Crippen molar-refractivity contribution in [3.8, 4) is 0 Å². The number of nitrogens with zero attached hydrogens (tertiary/aromatic N) is 1. The molecule has 0 spiro atoms. The lowest BCUT2D eigenvalue weighted by Gasteiger charge is -2.29. The van der Waals surface area contributed by atoms with E-state index in [0.717, 1.165) is 25.7 Å². The van der Waals surface area contributed by atoms with Crippen LogP contribution in [0.4, 0.5) is 0 Å². The predicted molar refractivity (Wildman–Crippen MR) is 91.2 cm³/mol. The Morgan fingerprint density at radius 3 is 2.71 bits per heavy atom. The Balaban J connectivity index is 1.87. The van der Waals surface area contributed by atoms with Crippen LogP contribution in [0.3, 0.4) is 0 Å². The lowest BCUT2D eigenvalue weighted by Crippen LogP contribution is -2.45. The average Bonchev–Trinajstić information content (AvgIpc) is 2.87. The van der Waals surface area contributed by atoms with Crippen molar-refractivity contribution < 1.29 is 12.8 Å². The van der Waals surface area contributed by atoms with E-state index >= 15 is 0 Å². The number of sulfonamides is 1. The minimum absolute atomic E-state index is 0.0820. The molecule has 0 amide bonds. The van der Waals surface area contributed by atoms with Gasteiger partial charge >= 0.3 is 5.76 Å². The van der Waals surface area contributed by atoms with Gasteiger partial charge in [-0.15, -0.1) is 0 Å². The van der Waals surface area contributed by atoms with Crippen LogP contribution in [-0.4, -0.2) is 25.6 Å². The van der Waals surface area contributed by atoms with E-state index in [1.165, 1.54) is 23.1 Å². The molecule has 1 heterocycles. The van der Waals surface area contributed by atoms with Crippen molar-refractivity contribution in [2.45, 2.75) is 43.0 Å². The van der Waals surface area contributed by atoms with Gasteiger partial charge in [-0.3, -0.25) is 4.57 Å². The average molecular weight is 353 g/mol. The number of oxazole rings is 1. The Bertz CT molecular complexity index is 878. The summed E-state index contributed by atoms with van der Waals surface area (Å²) in [7, 11) is -2.14. The zero-order chi connectivity index (χ0) is 17.3. The Labute approximate surface area is 140 Å². The Morgan fingerprint density at radius 2 is 2.04 bits per heavy atom. The molecule has 1 aliphatic carbocycles. The van der Waals surface area contributed by atoms with Crippen LogP contribution < -0.4 is 16.2 Å². The highest BCUT2D eigenvalue weighted by Gasteiger charge is 2.27. The number of hydrogen-bond acceptors (Lipinski definition) is 5. The van der Waals surface area contributed by atoms with Gasteiger partial charge in [-0.05, 0) is 30.9 Å². The molecule has 1 fully saturated rings. The molecule has 1 atom stereocenters. The number of hydrogen-bond donors (Lipinski definition) is 2. The van der Waals surface area contributed by atoms with Crippen LogP contribution in [0.15, 0.2) is 32.3 Å². The second-order valence-electron chi connectivity index (χ2n) is 6.42. The largest absolute Gasteiger partial charge is 0.419 e. The van der Waals surface area contributed by atoms with E-state index < -0.39 is 15.8 Å². The highest BCUT2D eigenvalue weighted by Crippen LogP contribution is 2.27. The molecule has 1 saturated carbocycles. The first-order valence-corrected chi connectivity index (χ1v) is 9.72. The van der Waals surface area contributed by atoms with Gasteiger partial charge in [0.1, 0.15) is 0 Å². The highest BCUT2D eigenvalue weighted by atomic mass is 32.2. The first kappa shape index (κ1) is 17.2. The van der Waals surface area contributed by atoms with Gasteiger partial charge in [-0.25, -0.2) is 17.9 Å². The first-order valence-electron chi connectivity index (χ1n) is 8.24. The van der Waals surface area contributed by atoms with Gasteiger partial charge in [-0.2, -0.15) is 0 Å². The maximum Gasteiger partial charge on any atom is 0.419 e. The summed E-state index contributed by atoms with van der Waals surface area (Å²) in [5.74, 6) is -0.244. The van der Waals surface area contributed by atoms with Crippen LogP contribution in [-0.2, 0) is 17.1 Å². The monoisotopic (exact) mass is 353 g/mol. The van der Waals surface area contributed by atoms with Crippen LogP contribution in [0.25, 0.3) is 11.1 Å². The van der Waals surface area contributed by atoms with Crippen molar-refractivity contribution in [2.24, 2.45) is 18.7 Å². The molecule has 8 heteroatoms. The van der Waals surface area contributed by atoms with E-state index in [0.29, 0.717) is 5.52 Å². The predicted octanol–water partition coefficient (Wildman–Crippen LogP) is 1.32. The molecular weight excluding hydrogens is 330 g/mol. The van der Waals surface area contributed by atoms with Gasteiger partial charge in [-0.1, -0.05) is 19.3 Å². The molecule has 7 nitrogen and oxygen atoms in total. The molecule has 3 N–H and O–H groups in total. The van der Waals surface area contributed by atoms with Gasteiger partial charge in [0.05, 0.1) is 10.4 Å². The Kier molecular flexibility index (Phi) is 4.80. The molecule has 1 unspecified atom stereocenters. The summed E-state index contributed by atoms with van der Waals surface area (Å²) in [5.41, 5.74) is 6.63. The van der Waals surface area contributed by atoms with Crippen molar-refractivity contribution >= 4 is 21.1 Å². The molecule has 0 radical (unpaired) electrons. The molecule has 1 aromatic carbocycles. The lowest BCUT2D eigenvalue weighted by molar-refractivity contribution is 0.294. The third-order valence-corrected chi connectivity index (χ3v) is 6.34. The molecule has 0 bridgehead atoms. The maximum atomic E-state index is 12.7. The smallest absolute Gasteiger partial charge is 0.408 e. The van der Waals surface area contributed by atoms with Crippen molar-refractivity contribution in [3.05, 3.63) is 28.7 Å². The van der Waals surface area contributed by atoms with E-state index in [2.05, 4.69) is 4.72 Å². The Hall–Kier alpha value is -1.64.